The molecule has 0 radical (unpaired) electrons. The molecule has 3 aromatic carbocycles. The summed E-state index contributed by atoms with van der Waals surface area (Å²) in [6.07, 6.45) is 0. The van der Waals surface area contributed by atoms with Crippen LogP contribution in [0.5, 0.6) is 11.5 Å². The van der Waals surface area contributed by atoms with Crippen molar-refractivity contribution in [3.63, 3.8) is 0 Å². The van der Waals surface area contributed by atoms with Gasteiger partial charge in [0, 0.05) is 43.2 Å². The van der Waals surface area contributed by atoms with Gasteiger partial charge in [-0.1, -0.05) is 41.0 Å². The Morgan fingerprint density at radius 3 is 2.55 bits per heavy atom. The smallest absolute Gasteiger partial charge is 0.337 e. The molecule has 170 valence electrons. The summed E-state index contributed by atoms with van der Waals surface area (Å²) in [6, 6.07) is 21.8. The average Bonchev–Trinajstić information content (AvgIpc) is 3.04. The molecule has 2 N–H and O–H groups in total. The Morgan fingerprint density at radius 2 is 1.76 bits per heavy atom. The van der Waals surface area contributed by atoms with E-state index in [-0.39, 0.29) is 10.7 Å². The fourth-order valence-electron chi connectivity index (χ4n) is 4.41. The quantitative estimate of drug-likeness (QED) is 0.515. The number of hydrogen-bond acceptors (Lipinski definition) is 5. The molecule has 5 rings (SSSR count). The van der Waals surface area contributed by atoms with Crippen LogP contribution in [-0.2, 0) is 6.54 Å². The number of carboxylic acid groups (broad SMARTS) is 1. The van der Waals surface area contributed by atoms with Crippen LogP contribution in [0, 0.1) is 0 Å². The molecule has 0 saturated carbocycles. The Labute approximate surface area is 196 Å². The molecule has 2 aliphatic heterocycles. The fraction of sp³-hybridized carbons (Fsp3) is 0.231. The number of anilines is 2. The number of para-hydroxylation sites is 3. The number of piperazine rings is 1. The lowest BCUT2D eigenvalue weighted by Crippen LogP contribution is -2.44. The van der Waals surface area contributed by atoms with E-state index in [1.807, 2.05) is 36.4 Å². The maximum absolute atomic E-state index is 11.6. The van der Waals surface area contributed by atoms with Crippen molar-refractivity contribution in [1.82, 2.24) is 4.31 Å². The van der Waals surface area contributed by atoms with Gasteiger partial charge < -0.3 is 20.1 Å². The zero-order valence-electron chi connectivity index (χ0n) is 18.5. The van der Waals surface area contributed by atoms with Gasteiger partial charge >= 0.3 is 5.97 Å². The van der Waals surface area contributed by atoms with Gasteiger partial charge in [-0.05, 0) is 48.7 Å². The minimum Gasteiger partial charge on any atom is -0.478 e. The Balaban J connectivity index is 1.34. The summed E-state index contributed by atoms with van der Waals surface area (Å²) in [6.45, 7) is 6.16. The maximum atomic E-state index is 11.6. The molecule has 0 aromatic heterocycles. The van der Waals surface area contributed by atoms with Gasteiger partial charge in [0.15, 0.2) is 5.75 Å². The first-order valence-electron chi connectivity index (χ1n) is 11.1. The van der Waals surface area contributed by atoms with Crippen molar-refractivity contribution >= 4 is 33.4 Å². The summed E-state index contributed by atoms with van der Waals surface area (Å²) in [5.74, 6) is 0.869. The first kappa shape index (κ1) is 21.6. The highest BCUT2D eigenvalue weighted by Gasteiger charge is 2.24. The molecule has 2 heterocycles. The van der Waals surface area contributed by atoms with E-state index in [0.29, 0.717) is 5.56 Å². The van der Waals surface area contributed by atoms with E-state index < -0.39 is 5.97 Å². The highest BCUT2D eigenvalue weighted by Crippen LogP contribution is 2.40. The highest BCUT2D eigenvalue weighted by atomic mass is 32.2. The number of carbonyl (C=O) groups is 1. The lowest BCUT2D eigenvalue weighted by Gasteiger charge is -2.38. The van der Waals surface area contributed by atoms with Crippen LogP contribution in [0.3, 0.4) is 0 Å². The average molecular weight is 462 g/mol. The number of hydrogen-bond donors (Lipinski definition) is 2. The first-order valence-corrected chi connectivity index (χ1v) is 12.4. The third-order valence-electron chi connectivity index (χ3n) is 6.07. The Morgan fingerprint density at radius 1 is 1.00 bits per heavy atom. The molecule has 2 aliphatic rings. The zero-order chi connectivity index (χ0) is 22.8. The van der Waals surface area contributed by atoms with Crippen molar-refractivity contribution < 1.29 is 14.6 Å². The molecule has 1 fully saturated rings. The molecule has 1 atom stereocenters. The Hall–Kier alpha value is -3.29. The third-order valence-corrected chi connectivity index (χ3v) is 8.18. The lowest BCUT2D eigenvalue weighted by molar-refractivity contribution is 0.0697. The number of carboxylic acids is 1. The molecule has 0 spiro atoms. The summed E-state index contributed by atoms with van der Waals surface area (Å²) >= 11 is 0. The van der Waals surface area contributed by atoms with Gasteiger partial charge in [0.05, 0.1) is 16.9 Å². The summed E-state index contributed by atoms with van der Waals surface area (Å²) in [5.41, 5.74) is 3.32. The Kier molecular flexibility index (Phi) is 6.07. The van der Waals surface area contributed by atoms with Crippen LogP contribution in [0.15, 0.2) is 71.6 Å². The predicted molar refractivity (Wildman–Crippen MR) is 135 cm³/mol. The molecule has 3 aromatic rings. The third kappa shape index (κ3) is 4.34. The van der Waals surface area contributed by atoms with E-state index >= 15 is 0 Å². The monoisotopic (exact) mass is 461 g/mol. The zero-order valence-corrected chi connectivity index (χ0v) is 19.3. The van der Waals surface area contributed by atoms with Crippen molar-refractivity contribution in [2.75, 3.05) is 36.4 Å². The van der Waals surface area contributed by atoms with Crippen molar-refractivity contribution in [2.24, 2.45) is 0 Å². The predicted octanol–water partition coefficient (Wildman–Crippen LogP) is 5.29. The van der Waals surface area contributed by atoms with Crippen molar-refractivity contribution in [2.45, 2.75) is 18.4 Å². The number of rotatable bonds is 4. The van der Waals surface area contributed by atoms with Crippen LogP contribution in [0.2, 0.25) is 0 Å². The highest BCUT2D eigenvalue weighted by molar-refractivity contribution is 8.13. The van der Waals surface area contributed by atoms with Crippen molar-refractivity contribution in [1.29, 1.82) is 0 Å². The molecular weight excluding hydrogens is 434 g/mol. The number of benzene rings is 3. The molecule has 0 bridgehead atoms. The number of aromatic carboxylic acids is 1. The molecule has 33 heavy (non-hydrogen) atoms. The van der Waals surface area contributed by atoms with Crippen LogP contribution in [0.4, 0.5) is 11.4 Å². The molecule has 0 aliphatic carbocycles. The van der Waals surface area contributed by atoms with E-state index in [4.69, 9.17) is 4.74 Å². The SMILES string of the molecule is C/C=S(/c1ccc2c(c1)Oc1ccccc1NC2)N1CCN(c2ccccc2C(=O)O)CC1. The van der Waals surface area contributed by atoms with E-state index in [2.05, 4.69) is 45.0 Å². The second-order valence-corrected chi connectivity index (χ2v) is 10.1. The van der Waals surface area contributed by atoms with Gasteiger partial charge in [0.25, 0.3) is 0 Å². The van der Waals surface area contributed by atoms with E-state index in [9.17, 15) is 9.90 Å². The normalized spacial score (nSPS) is 16.7. The summed E-state index contributed by atoms with van der Waals surface area (Å²) in [4.78, 5) is 15.0. The minimum absolute atomic E-state index is 0.163. The van der Waals surface area contributed by atoms with Gasteiger partial charge in [-0.25, -0.2) is 9.10 Å². The molecular formula is C26H27N3O3S. The van der Waals surface area contributed by atoms with Gasteiger partial charge in [-0.2, -0.15) is 0 Å². The van der Waals surface area contributed by atoms with E-state index in [1.54, 1.807) is 12.1 Å². The van der Waals surface area contributed by atoms with E-state index in [0.717, 1.165) is 61.2 Å². The Bertz CT molecular complexity index is 1220. The van der Waals surface area contributed by atoms with Crippen LogP contribution in [-0.4, -0.2) is 46.9 Å². The fourth-order valence-corrected chi connectivity index (χ4v) is 6.27. The standard InChI is InChI=1S/C26H27N3O3S/c1-2-33(29-15-13-28(14-16-29)23-9-5-3-7-21(23)26(30)31)20-12-11-19-18-27-22-8-4-6-10-24(22)32-25(19)17-20/h2-12,17,27H,13-16,18H2,1H3,(H,30,31). The van der Waals surface area contributed by atoms with Crippen LogP contribution >= 0.6 is 10.7 Å². The van der Waals surface area contributed by atoms with Gasteiger partial charge in [0.1, 0.15) is 5.75 Å². The van der Waals surface area contributed by atoms with Crippen molar-refractivity contribution in [3.05, 3.63) is 77.9 Å². The molecule has 1 unspecified atom stereocenters. The topological polar surface area (TPSA) is 65.0 Å². The second-order valence-electron chi connectivity index (χ2n) is 8.01. The van der Waals surface area contributed by atoms with Gasteiger partial charge in [-0.15, -0.1) is 0 Å². The summed E-state index contributed by atoms with van der Waals surface area (Å²) < 4.78 is 8.76. The van der Waals surface area contributed by atoms with Crippen molar-refractivity contribution in [3.8, 4) is 11.5 Å². The minimum atomic E-state index is -0.879. The number of nitrogens with zero attached hydrogens (tertiary/aromatic N) is 2. The summed E-state index contributed by atoms with van der Waals surface area (Å²) in [7, 11) is -0.163. The number of fused-ring (bicyclic) bond motifs is 2. The second kappa shape index (κ2) is 9.29. The van der Waals surface area contributed by atoms with Gasteiger partial charge in [-0.3, -0.25) is 0 Å². The largest absolute Gasteiger partial charge is 0.478 e. The first-order chi connectivity index (χ1) is 16.1. The molecule has 6 nitrogen and oxygen atoms in total. The van der Waals surface area contributed by atoms with Crippen LogP contribution in [0.25, 0.3) is 0 Å². The molecule has 0 amide bonds. The molecule has 1 saturated heterocycles. The van der Waals surface area contributed by atoms with E-state index in [1.165, 1.54) is 4.90 Å². The van der Waals surface area contributed by atoms with Gasteiger partial charge in [0.2, 0.25) is 0 Å². The number of nitrogens with one attached hydrogen (secondary N) is 1. The number of ether oxygens (including phenoxy) is 1. The van der Waals surface area contributed by atoms with Crippen LogP contribution in [0.1, 0.15) is 22.8 Å². The maximum Gasteiger partial charge on any atom is 0.337 e. The van der Waals surface area contributed by atoms with Crippen LogP contribution < -0.4 is 15.0 Å². The summed E-state index contributed by atoms with van der Waals surface area (Å²) in [5, 5.41) is 15.3. The lowest BCUT2D eigenvalue weighted by atomic mass is 10.1. The molecule has 7 heteroatoms.